The maximum atomic E-state index is 14.3. The van der Waals surface area contributed by atoms with Crippen LogP contribution in [0.15, 0.2) is 24.3 Å². The van der Waals surface area contributed by atoms with E-state index < -0.39 is 108 Å². The van der Waals surface area contributed by atoms with Crippen LogP contribution in [0.2, 0.25) is 0 Å². The number of ether oxygens (including phenoxy) is 8. The van der Waals surface area contributed by atoms with Gasteiger partial charge in [0.05, 0.1) is 59.5 Å². The summed E-state index contributed by atoms with van der Waals surface area (Å²) in [5.74, 6) is -6.45. The van der Waals surface area contributed by atoms with Gasteiger partial charge >= 0.3 is 5.97 Å². The highest BCUT2D eigenvalue weighted by atomic mass is 16.9. The van der Waals surface area contributed by atoms with Crippen molar-refractivity contribution in [2.75, 3.05) is 45.2 Å². The maximum Gasteiger partial charge on any atom is 0.311 e. The molecule has 16 nitrogen and oxygen atoms in total. The second-order valence-corrected chi connectivity index (χ2v) is 18.1. The van der Waals surface area contributed by atoms with Crippen LogP contribution in [0.25, 0.3) is 0 Å². The van der Waals surface area contributed by atoms with Gasteiger partial charge in [-0.1, -0.05) is 39.8 Å². The minimum absolute atomic E-state index is 0.0542. The molecule has 1 aromatic carbocycles. The Morgan fingerprint density at radius 1 is 0.850 bits per heavy atom. The van der Waals surface area contributed by atoms with Crippen LogP contribution >= 0.6 is 0 Å². The number of likely N-dealkylation sites (N-methyl/N-ethyl adjacent to an activating group) is 1. The molecule has 4 N–H and O–H groups in total. The third-order valence-corrected chi connectivity index (χ3v) is 13.4. The molecule has 16 heteroatoms. The van der Waals surface area contributed by atoms with Gasteiger partial charge in [-0.15, -0.1) is 0 Å². The Labute approximate surface area is 356 Å². The monoisotopic (exact) mass is 855 g/mol. The van der Waals surface area contributed by atoms with Gasteiger partial charge in [-0.25, -0.2) is 0 Å². The van der Waals surface area contributed by atoms with Gasteiger partial charge in [-0.05, 0) is 72.9 Å². The number of hydrogen-bond acceptors (Lipinski definition) is 16. The number of carbonyl (C=O) groups excluding carboxylic acids is 2. The lowest BCUT2D eigenvalue weighted by Crippen LogP contribution is -2.62. The van der Waals surface area contributed by atoms with E-state index in [2.05, 4.69) is 0 Å². The summed E-state index contributed by atoms with van der Waals surface area (Å²) < 4.78 is 49.9. The minimum atomic E-state index is -2.01. The van der Waals surface area contributed by atoms with E-state index in [0.29, 0.717) is 6.42 Å². The average Bonchev–Trinajstić information content (AvgIpc) is 3.21. The number of carbonyl (C=O) groups is 2. The lowest BCUT2D eigenvalue weighted by Gasteiger charge is -2.50. The van der Waals surface area contributed by atoms with Crippen LogP contribution < -0.4 is 9.80 Å². The zero-order valence-electron chi connectivity index (χ0n) is 38.4. The van der Waals surface area contributed by atoms with E-state index in [1.807, 2.05) is 62.1 Å². The summed E-state index contributed by atoms with van der Waals surface area (Å²) in [5, 5.41) is 46.4. The predicted octanol–water partition coefficient (Wildman–Crippen LogP) is 3.62. The molecule has 3 saturated heterocycles. The Kier molecular flexibility index (Phi) is 16.7. The highest BCUT2D eigenvalue weighted by molar-refractivity contribution is 5.83. The topological polar surface area (TPSA) is 195 Å². The Balaban J connectivity index is 1.86. The van der Waals surface area contributed by atoms with Crippen LogP contribution in [0.3, 0.4) is 0 Å². The van der Waals surface area contributed by atoms with Crippen molar-refractivity contribution < 1.29 is 67.9 Å². The molecule has 1 aromatic rings. The highest BCUT2D eigenvalue weighted by Gasteiger charge is 2.54. The summed E-state index contributed by atoms with van der Waals surface area (Å²) in [7, 11) is 8.70. The molecule has 3 heterocycles. The standard InChI is InChI=1S/C44H74N2O14/c1-16-32-43(9,52)36(49)25(4)33(47)23(2)22-42(8,53-14)38(26(5)35(27(6)39(51)57-32)58-41-56-28(7)37(50)44(10,54-15)60-41)59-40-34(48)31(21-24(3)55-40)46(13)30-20-18-17-19-29(30)45(11)12/h17-20,23-28,31-32,34-38,40-41,48-50,52H,16,21-22H2,1-15H3/t23-,24-,25+,26+,27-,28+,31+,32-,34-,35+,36-,37+,38-,40+,41+,42+,43-,44-/m1/s1. The van der Waals surface area contributed by atoms with E-state index in [9.17, 15) is 30.0 Å². The van der Waals surface area contributed by atoms with E-state index in [-0.39, 0.29) is 24.7 Å². The summed E-state index contributed by atoms with van der Waals surface area (Å²) in [6.07, 6.45) is -9.21. The molecule has 0 unspecified atom stereocenters. The van der Waals surface area contributed by atoms with Crippen LogP contribution in [0.5, 0.6) is 0 Å². The van der Waals surface area contributed by atoms with Crippen molar-refractivity contribution in [3.63, 3.8) is 0 Å². The minimum Gasteiger partial charge on any atom is -0.459 e. The second kappa shape index (κ2) is 19.9. The van der Waals surface area contributed by atoms with Gasteiger partial charge in [-0.3, -0.25) is 14.3 Å². The molecular formula is C44H74N2O14. The average molecular weight is 855 g/mol. The summed E-state index contributed by atoms with van der Waals surface area (Å²) >= 11 is 0. The van der Waals surface area contributed by atoms with Gasteiger partial charge in [0.2, 0.25) is 0 Å². The summed E-state index contributed by atoms with van der Waals surface area (Å²) in [5.41, 5.74) is -1.49. The van der Waals surface area contributed by atoms with Crippen molar-refractivity contribution in [1.29, 1.82) is 0 Å². The number of esters is 1. The van der Waals surface area contributed by atoms with Crippen molar-refractivity contribution in [3.8, 4) is 0 Å². The molecule has 3 aliphatic rings. The van der Waals surface area contributed by atoms with Crippen molar-refractivity contribution in [2.24, 2.45) is 23.7 Å². The number of nitrogens with zero attached hydrogens (tertiary/aromatic N) is 2. The van der Waals surface area contributed by atoms with E-state index in [4.69, 9.17) is 37.9 Å². The normalized spacial score (nSPS) is 43.8. The van der Waals surface area contributed by atoms with Crippen LogP contribution in [0.4, 0.5) is 11.4 Å². The molecule has 0 spiro atoms. The number of hydrogen-bond donors (Lipinski definition) is 4. The van der Waals surface area contributed by atoms with Gasteiger partial charge in [0, 0.05) is 53.1 Å². The van der Waals surface area contributed by atoms with Gasteiger partial charge in [-0.2, -0.15) is 0 Å². The first-order valence-corrected chi connectivity index (χ1v) is 21.3. The molecule has 0 aromatic heterocycles. The number of benzene rings is 1. The molecule has 0 aliphatic carbocycles. The van der Waals surface area contributed by atoms with Crippen molar-refractivity contribution >= 4 is 23.1 Å². The lowest BCUT2D eigenvalue weighted by molar-refractivity contribution is -0.454. The van der Waals surface area contributed by atoms with Crippen molar-refractivity contribution in [3.05, 3.63) is 24.3 Å². The number of Topliss-reactive ketones (excluding diaryl/α,β-unsaturated/α-hetero) is 1. The van der Waals surface area contributed by atoms with Gasteiger partial charge in [0.1, 0.15) is 29.7 Å². The van der Waals surface area contributed by atoms with E-state index in [1.54, 1.807) is 55.4 Å². The molecule has 0 saturated carbocycles. The molecule has 0 amide bonds. The molecule has 60 heavy (non-hydrogen) atoms. The first-order valence-electron chi connectivity index (χ1n) is 21.3. The fraction of sp³-hybridized carbons (Fsp3) is 0.818. The van der Waals surface area contributed by atoms with Gasteiger partial charge < -0.3 is 63.4 Å². The molecule has 0 radical (unpaired) electrons. The number of rotatable bonds is 10. The molecule has 3 aliphatic heterocycles. The second-order valence-electron chi connectivity index (χ2n) is 18.1. The molecule has 0 bridgehead atoms. The number of aliphatic hydroxyl groups is 4. The fourth-order valence-electron chi connectivity index (χ4n) is 9.33. The number of methoxy groups -OCH3 is 2. The van der Waals surface area contributed by atoms with Gasteiger partial charge in [0.25, 0.3) is 6.48 Å². The van der Waals surface area contributed by atoms with Crippen LogP contribution in [-0.4, -0.2) is 152 Å². The Bertz CT molecular complexity index is 1580. The van der Waals surface area contributed by atoms with Crippen LogP contribution in [-0.2, 0) is 47.5 Å². The predicted molar refractivity (Wildman–Crippen MR) is 223 cm³/mol. The quantitative estimate of drug-likeness (QED) is 0.249. The Hall–Kier alpha value is -2.48. The SMILES string of the molecule is CC[C@H]1OC(=O)[C@H](C)[C@@H](O[C@@H]2O[C@@H](C)[C@H](O)[C@](C)(OC)O2)[C@H](C)[C@@H](O[C@@H]2O[C@H](C)C[C@H](N(C)c3ccccc3N(C)C)[C@H]2O)[C@@](C)(OC)C[C@@H](C)C(=O)[C@H](C)[C@@H](O)[C@]1(C)O. The zero-order valence-corrected chi connectivity index (χ0v) is 38.4. The fourth-order valence-corrected chi connectivity index (χ4v) is 9.33. The number of ketones is 1. The summed E-state index contributed by atoms with van der Waals surface area (Å²) in [6, 6.07) is 7.43. The summed E-state index contributed by atoms with van der Waals surface area (Å²) in [4.78, 5) is 32.5. The molecule has 344 valence electrons. The summed E-state index contributed by atoms with van der Waals surface area (Å²) in [6.45, 7) is 15.1. The Morgan fingerprint density at radius 2 is 1.47 bits per heavy atom. The van der Waals surface area contributed by atoms with E-state index >= 15 is 0 Å². The van der Waals surface area contributed by atoms with Crippen LogP contribution in [0.1, 0.15) is 88.5 Å². The van der Waals surface area contributed by atoms with Crippen molar-refractivity contribution in [2.45, 2.75) is 173 Å². The highest BCUT2D eigenvalue weighted by Crippen LogP contribution is 2.42. The van der Waals surface area contributed by atoms with Crippen LogP contribution in [0, 0.1) is 23.7 Å². The third-order valence-electron chi connectivity index (χ3n) is 13.4. The lowest BCUT2D eigenvalue weighted by atomic mass is 9.74. The number of anilines is 2. The largest absolute Gasteiger partial charge is 0.459 e. The third kappa shape index (κ3) is 10.3. The molecule has 4 rings (SSSR count). The first-order chi connectivity index (χ1) is 27.9. The van der Waals surface area contributed by atoms with E-state index in [0.717, 1.165) is 11.4 Å². The smallest absolute Gasteiger partial charge is 0.311 e. The maximum absolute atomic E-state index is 14.3. The number of para-hydroxylation sites is 2. The van der Waals surface area contributed by atoms with Gasteiger partial charge in [0.15, 0.2) is 12.1 Å². The van der Waals surface area contributed by atoms with E-state index in [1.165, 1.54) is 21.1 Å². The molecular weight excluding hydrogens is 780 g/mol. The number of aliphatic hydroxyl groups excluding tert-OH is 3. The van der Waals surface area contributed by atoms with Crippen molar-refractivity contribution in [1.82, 2.24) is 0 Å². The number of cyclic esters (lactones) is 1. The molecule has 18 atom stereocenters. The molecule has 3 fully saturated rings. The zero-order chi connectivity index (χ0) is 45.2. The first kappa shape index (κ1) is 50.2. The Morgan fingerprint density at radius 3 is 2.03 bits per heavy atom.